The van der Waals surface area contributed by atoms with E-state index in [-0.39, 0.29) is 11.5 Å². The van der Waals surface area contributed by atoms with E-state index >= 15 is 0 Å². The lowest BCUT2D eigenvalue weighted by Gasteiger charge is -1.95. The van der Waals surface area contributed by atoms with Crippen molar-refractivity contribution in [3.8, 4) is 12.3 Å². The van der Waals surface area contributed by atoms with Gasteiger partial charge in [-0.15, -0.1) is 23.9 Å². The first-order chi connectivity index (χ1) is 3.84. The molecule has 1 saturated heterocycles. The summed E-state index contributed by atoms with van der Waals surface area (Å²) in [5.41, 5.74) is 0. The van der Waals surface area contributed by atoms with Crippen molar-refractivity contribution in [2.75, 3.05) is 6.61 Å². The Bertz CT molecular complexity index is 112. The van der Waals surface area contributed by atoms with Gasteiger partial charge in [0.15, 0.2) is 0 Å². The van der Waals surface area contributed by atoms with Crippen molar-refractivity contribution in [1.29, 1.82) is 0 Å². The molecule has 0 amide bonds. The number of hydrogen-bond donors (Lipinski definition) is 0. The van der Waals surface area contributed by atoms with E-state index in [0.717, 1.165) is 6.61 Å². The van der Waals surface area contributed by atoms with Crippen molar-refractivity contribution in [2.45, 2.75) is 17.9 Å². The van der Waals surface area contributed by atoms with E-state index in [2.05, 4.69) is 5.92 Å². The molecule has 1 heterocycles. The predicted molar refractivity (Wildman–Crippen MR) is 32.8 cm³/mol. The number of alkyl halides is 1. The molecular formula is C6H7ClO. The maximum atomic E-state index is 5.71. The molecule has 1 aliphatic heterocycles. The Balaban J connectivity index is 2.15. The summed E-state index contributed by atoms with van der Waals surface area (Å²) in [5.74, 6) is 2.48. The molecule has 0 aliphatic carbocycles. The van der Waals surface area contributed by atoms with Crippen LogP contribution in [-0.2, 0) is 4.74 Å². The molecular weight excluding hydrogens is 124 g/mol. The molecule has 0 aromatic rings. The molecule has 8 heavy (non-hydrogen) atoms. The van der Waals surface area contributed by atoms with Gasteiger partial charge in [-0.25, -0.2) is 0 Å². The lowest BCUT2D eigenvalue weighted by molar-refractivity contribution is 0.401. The molecule has 1 aliphatic rings. The highest BCUT2D eigenvalue weighted by Gasteiger charge is 2.30. The van der Waals surface area contributed by atoms with Crippen molar-refractivity contribution in [3.05, 3.63) is 0 Å². The summed E-state index contributed by atoms with van der Waals surface area (Å²) in [6, 6.07) is 0. The molecule has 44 valence electrons. The molecule has 0 aromatic heterocycles. The molecule has 2 heteroatoms. The molecule has 0 N–H and O–H groups in total. The summed E-state index contributed by atoms with van der Waals surface area (Å²) in [7, 11) is 0. The van der Waals surface area contributed by atoms with E-state index in [4.69, 9.17) is 22.8 Å². The van der Waals surface area contributed by atoms with Crippen LogP contribution in [0.5, 0.6) is 0 Å². The van der Waals surface area contributed by atoms with Crippen molar-refractivity contribution in [2.24, 2.45) is 0 Å². The Labute approximate surface area is 54.0 Å². The molecule has 0 saturated carbocycles. The topological polar surface area (TPSA) is 12.5 Å². The zero-order valence-electron chi connectivity index (χ0n) is 4.43. The van der Waals surface area contributed by atoms with E-state index in [1.165, 1.54) is 0 Å². The summed E-state index contributed by atoms with van der Waals surface area (Å²) < 4.78 is 4.90. The van der Waals surface area contributed by atoms with Crippen LogP contribution < -0.4 is 0 Å². The normalized spacial score (nSPS) is 28.8. The maximum absolute atomic E-state index is 5.71. The van der Waals surface area contributed by atoms with Gasteiger partial charge in [0.05, 0.1) is 18.1 Å². The molecule has 0 aromatic carbocycles. The monoisotopic (exact) mass is 130 g/mol. The molecule has 1 fully saturated rings. The van der Waals surface area contributed by atoms with Gasteiger partial charge in [-0.1, -0.05) is 0 Å². The maximum Gasteiger partial charge on any atom is 0.0982 e. The molecule has 2 unspecified atom stereocenters. The van der Waals surface area contributed by atoms with Gasteiger partial charge < -0.3 is 4.74 Å². The minimum Gasteiger partial charge on any atom is -0.371 e. The molecule has 0 bridgehead atoms. The van der Waals surface area contributed by atoms with Crippen LogP contribution in [0.3, 0.4) is 0 Å². The fourth-order valence-corrected chi connectivity index (χ4v) is 0.743. The molecule has 1 rings (SSSR count). The van der Waals surface area contributed by atoms with Crippen LogP contribution in [0.1, 0.15) is 6.42 Å². The predicted octanol–water partition coefficient (Wildman–Crippen LogP) is 1.02. The second kappa shape index (κ2) is 2.39. The minimum absolute atomic E-state index is 0.0417. The Kier molecular flexibility index (Phi) is 1.77. The second-order valence-electron chi connectivity index (χ2n) is 1.80. The SMILES string of the molecule is C#CCC(Cl)C1CO1. The van der Waals surface area contributed by atoms with Gasteiger partial charge in [0.2, 0.25) is 0 Å². The van der Waals surface area contributed by atoms with Crippen molar-refractivity contribution >= 4 is 11.6 Å². The van der Waals surface area contributed by atoms with E-state index in [1.807, 2.05) is 0 Å². The highest BCUT2D eigenvalue weighted by Crippen LogP contribution is 2.20. The summed E-state index contributed by atoms with van der Waals surface area (Å²) in [6.07, 6.45) is 5.87. The quantitative estimate of drug-likeness (QED) is 0.309. The van der Waals surface area contributed by atoms with Gasteiger partial charge in [0.25, 0.3) is 0 Å². The standard InChI is InChI=1S/C6H7ClO/c1-2-3-5(7)6-4-8-6/h1,5-6H,3-4H2. The first-order valence-electron chi connectivity index (χ1n) is 2.53. The minimum atomic E-state index is 0.0417. The van der Waals surface area contributed by atoms with Gasteiger partial charge in [-0.2, -0.15) is 0 Å². The zero-order valence-corrected chi connectivity index (χ0v) is 5.19. The zero-order chi connectivity index (χ0) is 5.98. The third kappa shape index (κ3) is 1.40. The Hall–Kier alpha value is -0.190. The summed E-state index contributed by atoms with van der Waals surface area (Å²) in [6.45, 7) is 0.788. The smallest absolute Gasteiger partial charge is 0.0982 e. The average Bonchev–Trinajstić information content (AvgIpc) is 2.45. The van der Waals surface area contributed by atoms with E-state index in [1.54, 1.807) is 0 Å². The summed E-state index contributed by atoms with van der Waals surface area (Å²) >= 11 is 5.71. The highest BCUT2D eigenvalue weighted by molar-refractivity contribution is 6.21. The van der Waals surface area contributed by atoms with Crippen LogP contribution >= 0.6 is 11.6 Å². The number of epoxide rings is 1. The van der Waals surface area contributed by atoms with Gasteiger partial charge >= 0.3 is 0 Å². The van der Waals surface area contributed by atoms with Crippen molar-refractivity contribution in [3.63, 3.8) is 0 Å². The summed E-state index contributed by atoms with van der Waals surface area (Å²) in [4.78, 5) is 0. The lowest BCUT2D eigenvalue weighted by atomic mass is 10.2. The van der Waals surface area contributed by atoms with Crippen molar-refractivity contribution < 1.29 is 4.74 Å². The number of rotatable bonds is 2. The number of hydrogen-bond acceptors (Lipinski definition) is 1. The van der Waals surface area contributed by atoms with E-state index < -0.39 is 0 Å². The fourth-order valence-electron chi connectivity index (χ4n) is 0.508. The van der Waals surface area contributed by atoms with Gasteiger partial charge in [-0.3, -0.25) is 0 Å². The van der Waals surface area contributed by atoms with Crippen LogP contribution in [-0.4, -0.2) is 18.1 Å². The van der Waals surface area contributed by atoms with Gasteiger partial charge in [-0.05, 0) is 0 Å². The van der Waals surface area contributed by atoms with E-state index in [9.17, 15) is 0 Å². The van der Waals surface area contributed by atoms with Gasteiger partial charge in [0.1, 0.15) is 0 Å². The fraction of sp³-hybridized carbons (Fsp3) is 0.667. The average molecular weight is 131 g/mol. The third-order valence-electron chi connectivity index (χ3n) is 1.08. The summed E-state index contributed by atoms with van der Waals surface area (Å²) in [5, 5.41) is 0.0417. The Morgan fingerprint density at radius 1 is 2.00 bits per heavy atom. The van der Waals surface area contributed by atoms with Crippen LogP contribution in [0.15, 0.2) is 0 Å². The number of terminal acetylenes is 1. The second-order valence-corrected chi connectivity index (χ2v) is 2.36. The van der Waals surface area contributed by atoms with E-state index in [0.29, 0.717) is 6.42 Å². The Morgan fingerprint density at radius 3 is 3.00 bits per heavy atom. The van der Waals surface area contributed by atoms with Crippen LogP contribution in [0.25, 0.3) is 0 Å². The number of halogens is 1. The van der Waals surface area contributed by atoms with Crippen LogP contribution in [0.2, 0.25) is 0 Å². The molecule has 1 nitrogen and oxygen atoms in total. The third-order valence-corrected chi connectivity index (χ3v) is 1.51. The first kappa shape index (κ1) is 5.94. The lowest BCUT2D eigenvalue weighted by Crippen LogP contribution is -2.04. The van der Waals surface area contributed by atoms with Crippen LogP contribution in [0.4, 0.5) is 0 Å². The first-order valence-corrected chi connectivity index (χ1v) is 2.97. The van der Waals surface area contributed by atoms with Crippen molar-refractivity contribution in [1.82, 2.24) is 0 Å². The van der Waals surface area contributed by atoms with Gasteiger partial charge in [0, 0.05) is 6.42 Å². The number of ether oxygens (including phenoxy) is 1. The molecule has 0 spiro atoms. The van der Waals surface area contributed by atoms with Crippen LogP contribution in [0, 0.1) is 12.3 Å². The Morgan fingerprint density at radius 2 is 2.62 bits per heavy atom. The highest BCUT2D eigenvalue weighted by atomic mass is 35.5. The molecule has 2 atom stereocenters. The largest absolute Gasteiger partial charge is 0.371 e. The molecule has 0 radical (unpaired) electrons.